The molecule has 0 aromatic heterocycles. The predicted molar refractivity (Wildman–Crippen MR) is 94.1 cm³/mol. The second kappa shape index (κ2) is 8.21. The lowest BCUT2D eigenvalue weighted by molar-refractivity contribution is 0.0600. The van der Waals surface area contributed by atoms with E-state index >= 15 is 0 Å². The molecule has 5 nitrogen and oxygen atoms in total. The number of guanidine groups is 1. The van der Waals surface area contributed by atoms with E-state index in [0.717, 1.165) is 17.4 Å². The monoisotopic (exact) mass is 403 g/mol. The van der Waals surface area contributed by atoms with Gasteiger partial charge in [0.25, 0.3) is 0 Å². The van der Waals surface area contributed by atoms with Crippen molar-refractivity contribution < 1.29 is 9.53 Å². The fourth-order valence-corrected chi connectivity index (χ4v) is 1.96. The highest BCUT2D eigenvalue weighted by Gasteiger charge is 2.33. The van der Waals surface area contributed by atoms with E-state index in [1.54, 1.807) is 19.2 Å². The third-order valence-corrected chi connectivity index (χ3v) is 3.49. The summed E-state index contributed by atoms with van der Waals surface area (Å²) in [7, 11) is 3.15. The van der Waals surface area contributed by atoms with E-state index in [4.69, 9.17) is 0 Å². The van der Waals surface area contributed by atoms with E-state index in [2.05, 4.69) is 27.3 Å². The number of ether oxygens (including phenoxy) is 1. The molecule has 2 rings (SSSR count). The zero-order valence-corrected chi connectivity index (χ0v) is 14.9. The van der Waals surface area contributed by atoms with Crippen molar-refractivity contribution in [2.45, 2.75) is 25.9 Å². The van der Waals surface area contributed by atoms with Gasteiger partial charge in [-0.2, -0.15) is 0 Å². The summed E-state index contributed by atoms with van der Waals surface area (Å²) < 4.78 is 4.67. The topological polar surface area (TPSA) is 62.7 Å². The first kappa shape index (κ1) is 17.7. The maximum absolute atomic E-state index is 11.3. The Bertz CT molecular complexity index is 502. The molecule has 1 aliphatic rings. The van der Waals surface area contributed by atoms with Crippen LogP contribution in [-0.4, -0.2) is 32.1 Å². The van der Waals surface area contributed by atoms with Gasteiger partial charge in [-0.1, -0.05) is 19.1 Å². The largest absolute Gasteiger partial charge is 0.465 e. The Labute approximate surface area is 142 Å². The van der Waals surface area contributed by atoms with Crippen LogP contribution < -0.4 is 10.6 Å². The van der Waals surface area contributed by atoms with Gasteiger partial charge in [0.05, 0.1) is 12.7 Å². The van der Waals surface area contributed by atoms with Crippen LogP contribution in [0.5, 0.6) is 0 Å². The summed E-state index contributed by atoms with van der Waals surface area (Å²) in [4.78, 5) is 15.5. The molecule has 0 bridgehead atoms. The van der Waals surface area contributed by atoms with Crippen molar-refractivity contribution in [3.8, 4) is 0 Å². The van der Waals surface area contributed by atoms with Crippen LogP contribution in [0.3, 0.4) is 0 Å². The van der Waals surface area contributed by atoms with Crippen LogP contribution in [0.1, 0.15) is 29.3 Å². The van der Waals surface area contributed by atoms with E-state index in [1.165, 1.54) is 13.5 Å². The summed E-state index contributed by atoms with van der Waals surface area (Å²) in [6, 6.07) is 7.89. The molecular weight excluding hydrogens is 381 g/mol. The number of halogens is 1. The quantitative estimate of drug-likeness (QED) is 0.350. The molecule has 1 aromatic carbocycles. The standard InChI is InChI=1S/C15H21N3O2.HI/c1-10-8-13(10)18-15(16-2)17-9-11-4-6-12(7-5-11)14(19)20-3;/h4-7,10,13H,8-9H2,1-3H3,(H2,16,17,18);1H. The number of aliphatic imine (C=N–C) groups is 1. The van der Waals surface area contributed by atoms with Gasteiger partial charge in [0.1, 0.15) is 0 Å². The molecule has 21 heavy (non-hydrogen) atoms. The number of methoxy groups -OCH3 is 1. The summed E-state index contributed by atoms with van der Waals surface area (Å²) >= 11 is 0. The predicted octanol–water partition coefficient (Wildman–Crippen LogP) is 2.16. The lowest BCUT2D eigenvalue weighted by Gasteiger charge is -2.11. The molecule has 116 valence electrons. The highest BCUT2D eigenvalue weighted by atomic mass is 127. The van der Waals surface area contributed by atoms with Crippen molar-refractivity contribution in [1.29, 1.82) is 0 Å². The number of hydrogen-bond donors (Lipinski definition) is 2. The van der Waals surface area contributed by atoms with Gasteiger partial charge < -0.3 is 15.4 Å². The molecule has 2 atom stereocenters. The fraction of sp³-hybridized carbons (Fsp3) is 0.467. The van der Waals surface area contributed by atoms with E-state index in [0.29, 0.717) is 18.2 Å². The molecule has 1 saturated carbocycles. The number of rotatable bonds is 4. The Hall–Kier alpha value is -1.31. The molecule has 1 fully saturated rings. The number of nitrogens with zero attached hydrogens (tertiary/aromatic N) is 1. The number of benzene rings is 1. The molecule has 0 spiro atoms. The summed E-state index contributed by atoms with van der Waals surface area (Å²) in [5.74, 6) is 1.23. The van der Waals surface area contributed by atoms with Gasteiger partial charge in [0.15, 0.2) is 5.96 Å². The maximum atomic E-state index is 11.3. The molecule has 0 saturated heterocycles. The summed E-state index contributed by atoms with van der Waals surface area (Å²) in [6.07, 6.45) is 1.20. The van der Waals surface area contributed by atoms with Crippen LogP contribution in [0.25, 0.3) is 0 Å². The molecule has 0 radical (unpaired) electrons. The average molecular weight is 403 g/mol. The van der Waals surface area contributed by atoms with Gasteiger partial charge in [0.2, 0.25) is 0 Å². The second-order valence-electron chi connectivity index (χ2n) is 5.08. The van der Waals surface area contributed by atoms with Crippen LogP contribution in [0.15, 0.2) is 29.3 Å². The van der Waals surface area contributed by atoms with Crippen molar-refractivity contribution >= 4 is 35.9 Å². The van der Waals surface area contributed by atoms with Crippen LogP contribution >= 0.6 is 24.0 Å². The van der Waals surface area contributed by atoms with Crippen molar-refractivity contribution in [1.82, 2.24) is 10.6 Å². The number of carbonyl (C=O) groups is 1. The summed E-state index contributed by atoms with van der Waals surface area (Å²) in [5.41, 5.74) is 1.65. The third kappa shape index (κ3) is 5.18. The van der Waals surface area contributed by atoms with Gasteiger partial charge in [-0.15, -0.1) is 24.0 Å². The number of carbonyl (C=O) groups excluding carboxylic acids is 1. The molecule has 0 amide bonds. The van der Waals surface area contributed by atoms with Gasteiger partial charge in [-0.05, 0) is 30.0 Å². The van der Waals surface area contributed by atoms with Crippen LogP contribution in [-0.2, 0) is 11.3 Å². The van der Waals surface area contributed by atoms with Gasteiger partial charge in [0, 0.05) is 19.6 Å². The lowest BCUT2D eigenvalue weighted by atomic mass is 10.1. The first-order chi connectivity index (χ1) is 9.63. The Morgan fingerprint density at radius 3 is 2.48 bits per heavy atom. The molecule has 2 unspecified atom stereocenters. The van der Waals surface area contributed by atoms with Gasteiger partial charge >= 0.3 is 5.97 Å². The Balaban J connectivity index is 0.00000220. The number of hydrogen-bond acceptors (Lipinski definition) is 3. The van der Waals surface area contributed by atoms with Crippen molar-refractivity contribution in [2.24, 2.45) is 10.9 Å². The van der Waals surface area contributed by atoms with E-state index in [-0.39, 0.29) is 29.9 Å². The Morgan fingerprint density at radius 2 is 2.00 bits per heavy atom. The zero-order valence-electron chi connectivity index (χ0n) is 12.6. The maximum Gasteiger partial charge on any atom is 0.337 e. The van der Waals surface area contributed by atoms with E-state index in [9.17, 15) is 4.79 Å². The molecule has 0 aliphatic heterocycles. The minimum absolute atomic E-state index is 0. The van der Waals surface area contributed by atoms with Gasteiger partial charge in [-0.3, -0.25) is 4.99 Å². The van der Waals surface area contributed by atoms with Crippen LogP contribution in [0, 0.1) is 5.92 Å². The van der Waals surface area contributed by atoms with E-state index < -0.39 is 0 Å². The highest BCUT2D eigenvalue weighted by Crippen LogP contribution is 2.28. The molecule has 0 heterocycles. The van der Waals surface area contributed by atoms with Crippen molar-refractivity contribution in [3.63, 3.8) is 0 Å². The fourth-order valence-electron chi connectivity index (χ4n) is 1.96. The molecule has 6 heteroatoms. The first-order valence-corrected chi connectivity index (χ1v) is 6.78. The van der Waals surface area contributed by atoms with Crippen LogP contribution in [0.4, 0.5) is 0 Å². The first-order valence-electron chi connectivity index (χ1n) is 6.78. The molecule has 1 aliphatic carbocycles. The SMILES string of the molecule is CN=C(NCc1ccc(C(=O)OC)cc1)NC1CC1C.I. The van der Waals surface area contributed by atoms with E-state index in [1.807, 2.05) is 12.1 Å². The van der Waals surface area contributed by atoms with Crippen LogP contribution in [0.2, 0.25) is 0 Å². The minimum atomic E-state index is -0.315. The zero-order chi connectivity index (χ0) is 14.5. The van der Waals surface area contributed by atoms with Crippen molar-refractivity contribution in [3.05, 3.63) is 35.4 Å². The minimum Gasteiger partial charge on any atom is -0.465 e. The second-order valence-corrected chi connectivity index (χ2v) is 5.08. The normalized spacial score (nSPS) is 20.2. The highest BCUT2D eigenvalue weighted by molar-refractivity contribution is 14.0. The lowest BCUT2D eigenvalue weighted by Crippen LogP contribution is -2.38. The molecular formula is C15H22IN3O2. The Morgan fingerprint density at radius 1 is 1.38 bits per heavy atom. The third-order valence-electron chi connectivity index (χ3n) is 3.49. The van der Waals surface area contributed by atoms with Gasteiger partial charge in [-0.25, -0.2) is 4.79 Å². The molecule has 2 N–H and O–H groups in total. The number of esters is 1. The smallest absolute Gasteiger partial charge is 0.337 e. The average Bonchev–Trinajstić information content (AvgIpc) is 3.18. The van der Waals surface area contributed by atoms with Crippen molar-refractivity contribution in [2.75, 3.05) is 14.2 Å². The number of nitrogens with one attached hydrogen (secondary N) is 2. The summed E-state index contributed by atoms with van der Waals surface area (Å²) in [6.45, 7) is 2.89. The molecule has 1 aromatic rings. The summed E-state index contributed by atoms with van der Waals surface area (Å²) in [5, 5.41) is 6.63. The Kier molecular flexibility index (Phi) is 6.94.